The van der Waals surface area contributed by atoms with Gasteiger partial charge in [0, 0.05) is 53.4 Å². The number of nitrogens with one attached hydrogen (secondary N) is 2. The number of aromatic nitrogens is 2. The van der Waals surface area contributed by atoms with Crippen molar-refractivity contribution in [3.05, 3.63) is 66.0 Å². The molecule has 0 spiro atoms. The zero-order valence-electron chi connectivity index (χ0n) is 19.1. The standard InChI is InChI=1S/C20H26N2O.C8H7N/c1-3-13-8-12-9-17-19-15(6-7-22(11-12)20(13)17)16-10-14(23-2)4-5-18(16)21-19;1-2-4-8-7(3-1)5-6-9-8/h4-5,10,12-13,17,20-21H,3,6-9,11H2,1-2H3;1-6,9H/t12-,13+,17+,20+;/m1./s1. The smallest absolute Gasteiger partial charge is 0.119 e. The zero-order valence-corrected chi connectivity index (χ0v) is 19.1. The van der Waals surface area contributed by atoms with Crippen LogP contribution in [0, 0.1) is 11.8 Å². The Morgan fingerprint density at radius 2 is 1.97 bits per heavy atom. The van der Waals surface area contributed by atoms with Crippen molar-refractivity contribution >= 4 is 21.8 Å². The normalized spacial score (nSPS) is 28.1. The molecule has 2 aromatic heterocycles. The molecule has 3 aliphatic heterocycles. The van der Waals surface area contributed by atoms with Gasteiger partial charge >= 0.3 is 0 Å². The lowest BCUT2D eigenvalue weighted by molar-refractivity contribution is -0.0134. The lowest BCUT2D eigenvalue weighted by Gasteiger charge is -2.53. The van der Waals surface area contributed by atoms with Crippen LogP contribution >= 0.6 is 0 Å². The number of ether oxygens (including phenoxy) is 1. The Morgan fingerprint density at radius 1 is 1.06 bits per heavy atom. The molecule has 2 aromatic carbocycles. The SMILES string of the molecule is CC[C@H]1C[C@@H]2C[C@H]3c4[nH]c5ccc(OC)cc5c4CCN(C2)[C@@H]13.c1ccc2[nH]ccc2c1. The summed E-state index contributed by atoms with van der Waals surface area (Å²) in [5.41, 5.74) is 5.61. The maximum Gasteiger partial charge on any atom is 0.119 e. The third kappa shape index (κ3) is 3.24. The number of methoxy groups -OCH3 is 1. The van der Waals surface area contributed by atoms with Gasteiger partial charge in [0.05, 0.1) is 7.11 Å². The Morgan fingerprint density at radius 3 is 2.81 bits per heavy atom. The van der Waals surface area contributed by atoms with Gasteiger partial charge in [-0.3, -0.25) is 4.90 Å². The van der Waals surface area contributed by atoms with Gasteiger partial charge in [-0.25, -0.2) is 0 Å². The Bertz CT molecular complexity index is 1210. The molecule has 2 N–H and O–H groups in total. The monoisotopic (exact) mass is 427 g/mol. The van der Waals surface area contributed by atoms with Gasteiger partial charge in [-0.1, -0.05) is 31.5 Å². The summed E-state index contributed by atoms with van der Waals surface area (Å²) in [6.07, 6.45) is 7.30. The fourth-order valence-corrected chi connectivity index (χ4v) is 6.79. The van der Waals surface area contributed by atoms with Gasteiger partial charge in [0.15, 0.2) is 0 Å². The van der Waals surface area contributed by atoms with E-state index in [-0.39, 0.29) is 0 Å². The molecule has 1 aliphatic carbocycles. The molecule has 1 saturated carbocycles. The molecule has 4 nitrogen and oxygen atoms in total. The van der Waals surface area contributed by atoms with Crippen LogP contribution in [-0.4, -0.2) is 41.1 Å². The summed E-state index contributed by atoms with van der Waals surface area (Å²) in [7, 11) is 1.76. The highest BCUT2D eigenvalue weighted by molar-refractivity contribution is 5.86. The van der Waals surface area contributed by atoms with Gasteiger partial charge in [-0.05, 0) is 72.4 Å². The third-order valence-electron chi connectivity index (χ3n) is 8.19. The van der Waals surface area contributed by atoms with Gasteiger partial charge in [0.2, 0.25) is 0 Å². The van der Waals surface area contributed by atoms with E-state index >= 15 is 0 Å². The molecule has 1 unspecified atom stereocenters. The molecule has 8 rings (SSSR count). The van der Waals surface area contributed by atoms with E-state index in [1.54, 1.807) is 18.4 Å². The number of hydrogen-bond acceptors (Lipinski definition) is 2. The van der Waals surface area contributed by atoms with Crippen LogP contribution in [0.1, 0.15) is 43.4 Å². The number of nitrogens with zero attached hydrogens (tertiary/aromatic N) is 1. The van der Waals surface area contributed by atoms with Crippen LogP contribution in [0.3, 0.4) is 0 Å². The average Bonchev–Trinajstić information content (AvgIpc) is 3.44. The van der Waals surface area contributed by atoms with Crippen LogP contribution < -0.4 is 4.74 Å². The predicted octanol–water partition coefficient (Wildman–Crippen LogP) is 6.10. The molecular formula is C28H33N3O. The maximum absolute atomic E-state index is 5.46. The summed E-state index contributed by atoms with van der Waals surface area (Å²) in [4.78, 5) is 9.75. The topological polar surface area (TPSA) is 44.0 Å². The number of hydrogen-bond donors (Lipinski definition) is 2. The Balaban J connectivity index is 0.000000182. The molecule has 5 heterocycles. The van der Waals surface area contributed by atoms with Gasteiger partial charge < -0.3 is 14.7 Å². The predicted molar refractivity (Wildman–Crippen MR) is 131 cm³/mol. The molecule has 2 saturated heterocycles. The number of aromatic amines is 2. The van der Waals surface area contributed by atoms with Crippen molar-refractivity contribution in [3.63, 3.8) is 0 Å². The molecular weight excluding hydrogens is 394 g/mol. The van der Waals surface area contributed by atoms with E-state index in [4.69, 9.17) is 4.74 Å². The highest BCUT2D eigenvalue weighted by atomic mass is 16.5. The van der Waals surface area contributed by atoms with E-state index in [1.807, 2.05) is 18.3 Å². The summed E-state index contributed by atoms with van der Waals surface area (Å²) in [6, 6.07) is 17.5. The first-order valence-electron chi connectivity index (χ1n) is 12.2. The minimum Gasteiger partial charge on any atom is -0.497 e. The lowest BCUT2D eigenvalue weighted by Crippen LogP contribution is -2.56. The fourth-order valence-electron chi connectivity index (χ4n) is 6.79. The molecule has 0 amide bonds. The molecule has 32 heavy (non-hydrogen) atoms. The van der Waals surface area contributed by atoms with Crippen LogP contribution in [-0.2, 0) is 6.42 Å². The second-order valence-corrected chi connectivity index (χ2v) is 9.84. The van der Waals surface area contributed by atoms with Crippen LogP contribution in [0.15, 0.2) is 54.7 Å². The fraction of sp³-hybridized carbons (Fsp3) is 0.429. The second kappa shape index (κ2) is 8.00. The van der Waals surface area contributed by atoms with E-state index < -0.39 is 0 Å². The van der Waals surface area contributed by atoms with E-state index in [9.17, 15) is 0 Å². The van der Waals surface area contributed by atoms with Gasteiger partial charge in [-0.15, -0.1) is 0 Å². The summed E-state index contributed by atoms with van der Waals surface area (Å²) < 4.78 is 5.46. The number of fused-ring (bicyclic) bond motifs is 5. The van der Waals surface area contributed by atoms with Crippen LogP contribution in [0.2, 0.25) is 0 Å². The minimum atomic E-state index is 0.711. The highest BCUT2D eigenvalue weighted by Gasteiger charge is 2.48. The minimum absolute atomic E-state index is 0.711. The van der Waals surface area contributed by atoms with Crippen molar-refractivity contribution in [2.75, 3.05) is 20.2 Å². The molecule has 4 aromatic rings. The van der Waals surface area contributed by atoms with Crippen molar-refractivity contribution in [2.45, 2.75) is 44.6 Å². The second-order valence-electron chi connectivity index (χ2n) is 9.84. The molecule has 5 atom stereocenters. The van der Waals surface area contributed by atoms with Crippen molar-refractivity contribution in [2.24, 2.45) is 11.8 Å². The van der Waals surface area contributed by atoms with E-state index in [0.29, 0.717) is 5.92 Å². The first-order valence-corrected chi connectivity index (χ1v) is 12.2. The van der Waals surface area contributed by atoms with Crippen molar-refractivity contribution in [3.8, 4) is 5.75 Å². The molecule has 3 fully saturated rings. The molecule has 4 aliphatic rings. The van der Waals surface area contributed by atoms with Crippen LogP contribution in [0.25, 0.3) is 21.8 Å². The number of piperidine rings is 2. The number of para-hydroxylation sites is 1. The molecule has 166 valence electrons. The van der Waals surface area contributed by atoms with Gasteiger partial charge in [-0.2, -0.15) is 0 Å². The maximum atomic E-state index is 5.46. The van der Waals surface area contributed by atoms with E-state index in [2.05, 4.69) is 58.2 Å². The molecule has 0 radical (unpaired) electrons. The zero-order chi connectivity index (χ0) is 21.7. The lowest BCUT2D eigenvalue weighted by atomic mass is 9.65. The largest absolute Gasteiger partial charge is 0.497 e. The highest BCUT2D eigenvalue weighted by Crippen LogP contribution is 2.51. The van der Waals surface area contributed by atoms with Crippen molar-refractivity contribution in [1.29, 1.82) is 0 Å². The summed E-state index contributed by atoms with van der Waals surface area (Å²) >= 11 is 0. The third-order valence-corrected chi connectivity index (χ3v) is 8.19. The van der Waals surface area contributed by atoms with Gasteiger partial charge in [0.25, 0.3) is 0 Å². The van der Waals surface area contributed by atoms with Crippen LogP contribution in [0.4, 0.5) is 0 Å². The quantitative estimate of drug-likeness (QED) is 0.406. The summed E-state index contributed by atoms with van der Waals surface area (Å²) in [5.74, 6) is 3.48. The Labute approximate surface area is 190 Å². The molecule has 4 heteroatoms. The van der Waals surface area contributed by atoms with E-state index in [0.717, 1.165) is 23.6 Å². The van der Waals surface area contributed by atoms with E-state index in [1.165, 1.54) is 60.6 Å². The summed E-state index contributed by atoms with van der Waals surface area (Å²) in [6.45, 7) is 4.95. The molecule has 4 bridgehead atoms. The Kier molecular flexibility index (Phi) is 4.98. The van der Waals surface area contributed by atoms with Crippen molar-refractivity contribution < 1.29 is 4.74 Å². The average molecular weight is 428 g/mol. The number of H-pyrrole nitrogens is 2. The van der Waals surface area contributed by atoms with Crippen molar-refractivity contribution in [1.82, 2.24) is 14.9 Å². The number of benzene rings is 2. The van der Waals surface area contributed by atoms with Crippen LogP contribution in [0.5, 0.6) is 5.75 Å². The Hall–Kier alpha value is -2.72. The summed E-state index contributed by atoms with van der Waals surface area (Å²) in [5, 5.41) is 2.66. The first-order chi connectivity index (χ1) is 15.7. The van der Waals surface area contributed by atoms with Gasteiger partial charge in [0.1, 0.15) is 5.75 Å². The first kappa shape index (κ1) is 19.9. The number of rotatable bonds is 2.